The van der Waals surface area contributed by atoms with E-state index >= 15 is 0 Å². The van der Waals surface area contributed by atoms with Crippen LogP contribution in [0.1, 0.15) is 21.5 Å². The lowest BCUT2D eigenvalue weighted by molar-refractivity contribution is -0.137. The van der Waals surface area contributed by atoms with Crippen molar-refractivity contribution >= 4 is 45.0 Å². The van der Waals surface area contributed by atoms with Gasteiger partial charge in [0.25, 0.3) is 5.91 Å². The number of carboxylic acids is 1. The van der Waals surface area contributed by atoms with Gasteiger partial charge < -0.3 is 9.67 Å². The fourth-order valence-electron chi connectivity index (χ4n) is 2.47. The van der Waals surface area contributed by atoms with Gasteiger partial charge in [-0.2, -0.15) is 4.99 Å². The summed E-state index contributed by atoms with van der Waals surface area (Å²) in [7, 11) is 0. The Morgan fingerprint density at radius 1 is 1.20 bits per heavy atom. The van der Waals surface area contributed by atoms with Crippen LogP contribution >= 0.6 is 22.9 Å². The van der Waals surface area contributed by atoms with Crippen LogP contribution in [-0.2, 0) is 11.3 Å². The van der Waals surface area contributed by atoms with E-state index < -0.39 is 11.9 Å². The summed E-state index contributed by atoms with van der Waals surface area (Å²) in [5, 5.41) is 9.67. The van der Waals surface area contributed by atoms with Gasteiger partial charge in [-0.15, -0.1) is 0 Å². The summed E-state index contributed by atoms with van der Waals surface area (Å²) in [5.74, 6) is -1.45. The Hall–Kier alpha value is -2.44. The lowest BCUT2D eigenvalue weighted by Crippen LogP contribution is -2.21. The topological polar surface area (TPSA) is 71.7 Å². The first kappa shape index (κ1) is 17.4. The van der Waals surface area contributed by atoms with E-state index in [2.05, 4.69) is 4.99 Å². The number of fused-ring (bicyclic) bond motifs is 1. The second-order valence-corrected chi connectivity index (χ2v) is 7.14. The number of aliphatic carboxylic acids is 1. The summed E-state index contributed by atoms with van der Waals surface area (Å²) >= 11 is 7.21. The molecule has 0 aliphatic carbocycles. The third-order valence-corrected chi connectivity index (χ3v) is 5.14. The van der Waals surface area contributed by atoms with Crippen LogP contribution in [0.4, 0.5) is 0 Å². The average molecular weight is 375 g/mol. The zero-order valence-corrected chi connectivity index (χ0v) is 15.2. The van der Waals surface area contributed by atoms with Crippen LogP contribution in [0.15, 0.2) is 41.4 Å². The van der Waals surface area contributed by atoms with Crippen molar-refractivity contribution < 1.29 is 14.7 Å². The van der Waals surface area contributed by atoms with E-state index in [0.717, 1.165) is 21.3 Å². The molecule has 128 valence electrons. The highest BCUT2D eigenvalue weighted by atomic mass is 35.5. The Labute approximate surface area is 152 Å². The van der Waals surface area contributed by atoms with Gasteiger partial charge in [-0.3, -0.25) is 9.59 Å². The van der Waals surface area contributed by atoms with Gasteiger partial charge in [0.05, 0.1) is 10.2 Å². The molecule has 0 spiro atoms. The zero-order valence-electron chi connectivity index (χ0n) is 13.6. The van der Waals surface area contributed by atoms with E-state index in [9.17, 15) is 14.7 Å². The van der Waals surface area contributed by atoms with E-state index in [0.29, 0.717) is 15.4 Å². The molecule has 1 amide bonds. The van der Waals surface area contributed by atoms with Crippen LogP contribution in [-0.4, -0.2) is 21.6 Å². The standard InChI is InChI=1S/C18H15ClN2O3S/c1-10-6-14-15(7-11(10)2)25-18(21(14)9-16(22)23)20-17(24)12-4-3-5-13(19)8-12/h3-8H,9H2,1-2H3,(H,22,23). The molecule has 3 aromatic rings. The predicted octanol–water partition coefficient (Wildman–Crippen LogP) is 3.80. The van der Waals surface area contributed by atoms with Crippen LogP contribution < -0.4 is 4.80 Å². The van der Waals surface area contributed by atoms with Gasteiger partial charge >= 0.3 is 5.97 Å². The lowest BCUT2D eigenvalue weighted by Gasteiger charge is -2.04. The number of thiazole rings is 1. The van der Waals surface area contributed by atoms with Gasteiger partial charge in [0.15, 0.2) is 4.80 Å². The smallest absolute Gasteiger partial charge is 0.323 e. The molecule has 0 saturated carbocycles. The first-order chi connectivity index (χ1) is 11.8. The SMILES string of the molecule is Cc1cc2sc(=NC(=O)c3cccc(Cl)c3)n(CC(=O)O)c2cc1C. The maximum Gasteiger partial charge on any atom is 0.323 e. The molecule has 5 nitrogen and oxygen atoms in total. The molecule has 0 bridgehead atoms. The molecule has 3 rings (SSSR count). The van der Waals surface area contributed by atoms with Crippen molar-refractivity contribution in [3.63, 3.8) is 0 Å². The summed E-state index contributed by atoms with van der Waals surface area (Å²) in [4.78, 5) is 28.2. The molecule has 0 saturated heterocycles. The molecule has 0 unspecified atom stereocenters. The third kappa shape index (κ3) is 3.65. The molecule has 7 heteroatoms. The highest BCUT2D eigenvalue weighted by molar-refractivity contribution is 7.16. The van der Waals surface area contributed by atoms with Gasteiger partial charge in [0, 0.05) is 10.6 Å². The highest BCUT2D eigenvalue weighted by Crippen LogP contribution is 2.22. The number of carboxylic acid groups (broad SMARTS) is 1. The number of rotatable bonds is 3. The molecule has 0 atom stereocenters. The minimum Gasteiger partial charge on any atom is -0.480 e. The number of aryl methyl sites for hydroxylation is 2. The molecule has 0 aliphatic heterocycles. The fourth-order valence-corrected chi connectivity index (χ4v) is 3.77. The fraction of sp³-hybridized carbons (Fsp3) is 0.167. The first-order valence-corrected chi connectivity index (χ1v) is 8.71. The van der Waals surface area contributed by atoms with Gasteiger partial charge in [-0.1, -0.05) is 29.0 Å². The molecule has 1 N–H and O–H groups in total. The van der Waals surface area contributed by atoms with Crippen LogP contribution in [0, 0.1) is 13.8 Å². The summed E-state index contributed by atoms with van der Waals surface area (Å²) in [5.41, 5.74) is 3.27. The zero-order chi connectivity index (χ0) is 18.1. The minimum absolute atomic E-state index is 0.260. The van der Waals surface area contributed by atoms with Crippen LogP contribution in [0.3, 0.4) is 0 Å². The van der Waals surface area contributed by atoms with Crippen LogP contribution in [0.2, 0.25) is 5.02 Å². The Morgan fingerprint density at radius 2 is 1.92 bits per heavy atom. The average Bonchev–Trinajstić information content (AvgIpc) is 2.84. The van der Waals surface area contributed by atoms with Crippen molar-refractivity contribution in [3.8, 4) is 0 Å². The van der Waals surface area contributed by atoms with E-state index in [4.69, 9.17) is 11.6 Å². The predicted molar refractivity (Wildman–Crippen MR) is 98.3 cm³/mol. The second kappa shape index (κ2) is 6.82. The van der Waals surface area contributed by atoms with Gasteiger partial charge in [-0.25, -0.2) is 0 Å². The number of aromatic nitrogens is 1. The summed E-state index contributed by atoms with van der Waals surface area (Å²) in [6.45, 7) is 3.69. The van der Waals surface area contributed by atoms with Crippen molar-refractivity contribution in [2.45, 2.75) is 20.4 Å². The Bertz CT molecular complexity index is 1070. The number of carbonyl (C=O) groups excluding carboxylic acids is 1. The number of benzene rings is 2. The third-order valence-electron chi connectivity index (χ3n) is 3.86. The number of halogens is 1. The summed E-state index contributed by atoms with van der Waals surface area (Å²) in [6, 6.07) is 10.4. The number of carbonyl (C=O) groups is 2. The van der Waals surface area contributed by atoms with Gasteiger partial charge in [-0.05, 0) is 55.3 Å². The molecule has 0 aliphatic rings. The van der Waals surface area contributed by atoms with Crippen LogP contribution in [0.5, 0.6) is 0 Å². The number of hydrogen-bond donors (Lipinski definition) is 1. The molecule has 1 aromatic heterocycles. The maximum absolute atomic E-state index is 12.4. The van der Waals surface area contributed by atoms with E-state index in [1.807, 2.05) is 26.0 Å². The Kier molecular flexibility index (Phi) is 4.74. The monoisotopic (exact) mass is 374 g/mol. The van der Waals surface area contributed by atoms with Gasteiger partial charge in [0.2, 0.25) is 0 Å². The Balaban J connectivity index is 2.20. The minimum atomic E-state index is -0.991. The number of hydrogen-bond acceptors (Lipinski definition) is 3. The molecule has 25 heavy (non-hydrogen) atoms. The van der Waals surface area contributed by atoms with Crippen molar-refractivity contribution in [2.75, 3.05) is 0 Å². The largest absolute Gasteiger partial charge is 0.480 e. The molecular formula is C18H15ClN2O3S. The normalized spacial score (nSPS) is 11.9. The van der Waals surface area contributed by atoms with Crippen molar-refractivity contribution in [1.29, 1.82) is 0 Å². The summed E-state index contributed by atoms with van der Waals surface area (Å²) in [6.07, 6.45) is 0. The summed E-state index contributed by atoms with van der Waals surface area (Å²) < 4.78 is 2.44. The van der Waals surface area contributed by atoms with Crippen LogP contribution in [0.25, 0.3) is 10.2 Å². The van der Waals surface area contributed by atoms with Crippen molar-refractivity contribution in [3.05, 3.63) is 62.9 Å². The van der Waals surface area contributed by atoms with E-state index in [1.165, 1.54) is 17.4 Å². The lowest BCUT2D eigenvalue weighted by atomic mass is 10.1. The molecule has 2 aromatic carbocycles. The molecule has 1 heterocycles. The van der Waals surface area contributed by atoms with Crippen molar-refractivity contribution in [2.24, 2.45) is 4.99 Å². The van der Waals surface area contributed by atoms with Crippen molar-refractivity contribution in [1.82, 2.24) is 4.57 Å². The van der Waals surface area contributed by atoms with Gasteiger partial charge in [0.1, 0.15) is 6.54 Å². The quantitative estimate of drug-likeness (QED) is 0.757. The molecule has 0 radical (unpaired) electrons. The van der Waals surface area contributed by atoms with E-state index in [-0.39, 0.29) is 6.54 Å². The second-order valence-electron chi connectivity index (χ2n) is 5.70. The maximum atomic E-state index is 12.4. The molecular weight excluding hydrogens is 360 g/mol. The highest BCUT2D eigenvalue weighted by Gasteiger charge is 2.13. The molecule has 0 fully saturated rings. The number of amides is 1. The first-order valence-electron chi connectivity index (χ1n) is 7.52. The Morgan fingerprint density at radius 3 is 2.60 bits per heavy atom. The van der Waals surface area contributed by atoms with E-state index in [1.54, 1.807) is 22.8 Å². The number of nitrogens with zero attached hydrogens (tertiary/aromatic N) is 2.